The zero-order valence-corrected chi connectivity index (χ0v) is 15.3. The molecule has 142 valence electrons. The molecule has 0 aliphatic heterocycles. The van der Waals surface area contributed by atoms with Crippen LogP contribution in [-0.2, 0) is 23.4 Å². The van der Waals surface area contributed by atoms with Crippen LogP contribution >= 0.6 is 7.60 Å². The number of carbonyl (C=O) groups excluding carboxylic acids is 1. The number of carbonyl (C=O) groups is 2. The zero-order chi connectivity index (χ0) is 18.8. The van der Waals surface area contributed by atoms with Gasteiger partial charge in [0.05, 0.1) is 6.61 Å². The van der Waals surface area contributed by atoms with E-state index in [9.17, 15) is 19.0 Å². The van der Waals surface area contributed by atoms with E-state index in [0.29, 0.717) is 19.4 Å². The Balaban J connectivity index is 4.98. The summed E-state index contributed by atoms with van der Waals surface area (Å²) < 4.78 is 22.3. The number of rotatable bonds is 13. The van der Waals surface area contributed by atoms with Gasteiger partial charge in [0, 0.05) is 13.5 Å². The third kappa shape index (κ3) is 8.75. The number of hydrogen-bond acceptors (Lipinski definition) is 6. The van der Waals surface area contributed by atoms with Gasteiger partial charge in [-0.3, -0.25) is 13.9 Å². The molecule has 0 rings (SSSR count). The summed E-state index contributed by atoms with van der Waals surface area (Å²) in [5, 5.41) is 11.6. The lowest BCUT2D eigenvalue weighted by atomic mass is 10.1. The van der Waals surface area contributed by atoms with Crippen LogP contribution in [0.1, 0.15) is 39.5 Å². The van der Waals surface area contributed by atoms with Gasteiger partial charge in [0.15, 0.2) is 6.10 Å². The molecule has 0 saturated heterocycles. The molecule has 0 heterocycles. The van der Waals surface area contributed by atoms with Gasteiger partial charge in [0.2, 0.25) is 5.91 Å². The van der Waals surface area contributed by atoms with Gasteiger partial charge in [-0.15, -0.1) is 0 Å². The first-order chi connectivity index (χ1) is 11.2. The molecule has 24 heavy (non-hydrogen) atoms. The fourth-order valence-electron chi connectivity index (χ4n) is 2.00. The summed E-state index contributed by atoms with van der Waals surface area (Å²) >= 11 is 0. The zero-order valence-electron chi connectivity index (χ0n) is 14.4. The maximum atomic E-state index is 12.5. The van der Waals surface area contributed by atoms with E-state index < -0.39 is 37.3 Å². The minimum atomic E-state index is -4.39. The summed E-state index contributed by atoms with van der Waals surface area (Å²) in [5.74, 6) is -3.41. The van der Waals surface area contributed by atoms with Crippen molar-refractivity contribution in [1.29, 1.82) is 0 Å². The van der Waals surface area contributed by atoms with Gasteiger partial charge in [0.25, 0.3) is 0 Å². The van der Waals surface area contributed by atoms with Crippen LogP contribution in [-0.4, -0.2) is 54.0 Å². The number of methoxy groups -OCH3 is 1. The molecule has 0 aromatic heterocycles. The van der Waals surface area contributed by atoms with Crippen molar-refractivity contribution in [1.82, 2.24) is 5.32 Å². The van der Waals surface area contributed by atoms with Crippen molar-refractivity contribution in [3.8, 4) is 0 Å². The van der Waals surface area contributed by atoms with Crippen LogP contribution in [0.3, 0.4) is 0 Å². The molecule has 3 atom stereocenters. The standard InChI is InChI=1S/C14H29N2O7P/c1-10(2)13(16-12(17)7-9-22-3)24(20,21)23-11(14(18)19)6-4-5-8-15/h10-11,13H,4-9,15H2,1-3H3,(H,16,17)(H,18,19)(H,20,21)/t11?,13-/m0/s1. The molecule has 0 spiro atoms. The van der Waals surface area contributed by atoms with Crippen molar-refractivity contribution in [2.75, 3.05) is 20.3 Å². The lowest BCUT2D eigenvalue weighted by molar-refractivity contribution is -0.145. The third-order valence-corrected chi connectivity index (χ3v) is 5.28. The first-order valence-electron chi connectivity index (χ1n) is 7.87. The average Bonchev–Trinajstić information content (AvgIpc) is 2.49. The predicted octanol–water partition coefficient (Wildman–Crippen LogP) is 0.905. The summed E-state index contributed by atoms with van der Waals surface area (Å²) in [7, 11) is -2.95. The van der Waals surface area contributed by atoms with Gasteiger partial charge < -0.3 is 25.8 Å². The molecule has 0 saturated carbocycles. The second-order valence-corrected chi connectivity index (χ2v) is 7.68. The smallest absolute Gasteiger partial charge is 0.351 e. The molecule has 5 N–H and O–H groups in total. The number of hydrogen-bond donors (Lipinski definition) is 4. The number of nitrogens with one attached hydrogen (secondary N) is 1. The first-order valence-corrected chi connectivity index (χ1v) is 9.52. The Bertz CT molecular complexity index is 445. The van der Waals surface area contributed by atoms with E-state index in [-0.39, 0.29) is 19.4 Å². The van der Waals surface area contributed by atoms with E-state index in [0.717, 1.165) is 0 Å². The Kier molecular flexibility index (Phi) is 11.1. The van der Waals surface area contributed by atoms with Crippen molar-refractivity contribution in [3.05, 3.63) is 0 Å². The Morgan fingerprint density at radius 1 is 1.29 bits per heavy atom. The van der Waals surface area contributed by atoms with Gasteiger partial charge in [0.1, 0.15) is 5.78 Å². The first kappa shape index (κ1) is 23.0. The Morgan fingerprint density at radius 2 is 1.92 bits per heavy atom. The normalized spacial score (nSPS) is 16.4. The molecule has 0 aromatic carbocycles. The summed E-state index contributed by atoms with van der Waals surface area (Å²) in [4.78, 5) is 33.2. The second kappa shape index (κ2) is 11.5. The summed E-state index contributed by atoms with van der Waals surface area (Å²) in [5.41, 5.74) is 5.35. The van der Waals surface area contributed by atoms with Crippen molar-refractivity contribution in [2.45, 2.75) is 51.4 Å². The van der Waals surface area contributed by atoms with Crippen molar-refractivity contribution >= 4 is 19.5 Å². The quantitative estimate of drug-likeness (QED) is 0.277. The van der Waals surface area contributed by atoms with Crippen LogP contribution in [0.5, 0.6) is 0 Å². The topological polar surface area (TPSA) is 148 Å². The van der Waals surface area contributed by atoms with E-state index in [1.807, 2.05) is 0 Å². The van der Waals surface area contributed by atoms with Crippen molar-refractivity contribution < 1.29 is 33.4 Å². The molecule has 9 nitrogen and oxygen atoms in total. The maximum Gasteiger partial charge on any atom is 0.351 e. The molecular weight excluding hydrogens is 339 g/mol. The van der Waals surface area contributed by atoms with Gasteiger partial charge in [-0.05, 0) is 31.7 Å². The van der Waals surface area contributed by atoms with Crippen molar-refractivity contribution in [3.63, 3.8) is 0 Å². The van der Waals surface area contributed by atoms with Crippen LogP contribution in [0.2, 0.25) is 0 Å². The maximum absolute atomic E-state index is 12.5. The number of amides is 1. The number of ether oxygens (including phenoxy) is 1. The highest BCUT2D eigenvalue weighted by Crippen LogP contribution is 2.50. The number of unbranched alkanes of at least 4 members (excludes halogenated alkanes) is 1. The summed E-state index contributed by atoms with van der Waals surface area (Å²) in [6, 6.07) is 0. The Labute approximate surface area is 142 Å². The second-order valence-electron chi connectivity index (χ2n) is 5.78. The van der Waals surface area contributed by atoms with E-state index in [2.05, 4.69) is 5.32 Å². The van der Waals surface area contributed by atoms with E-state index >= 15 is 0 Å². The van der Waals surface area contributed by atoms with E-state index in [4.69, 9.17) is 20.1 Å². The van der Waals surface area contributed by atoms with Crippen LogP contribution in [0.4, 0.5) is 0 Å². The van der Waals surface area contributed by atoms with Gasteiger partial charge in [-0.2, -0.15) is 0 Å². The minimum absolute atomic E-state index is 0.0264. The molecule has 0 aliphatic rings. The van der Waals surface area contributed by atoms with Crippen LogP contribution in [0.15, 0.2) is 0 Å². The molecule has 1 amide bonds. The lowest BCUT2D eigenvalue weighted by Gasteiger charge is -2.28. The molecule has 0 aliphatic carbocycles. The van der Waals surface area contributed by atoms with Crippen LogP contribution in [0, 0.1) is 5.92 Å². The van der Waals surface area contributed by atoms with Gasteiger partial charge >= 0.3 is 13.6 Å². The fraction of sp³-hybridized carbons (Fsp3) is 0.857. The lowest BCUT2D eigenvalue weighted by Crippen LogP contribution is -2.40. The third-order valence-electron chi connectivity index (χ3n) is 3.30. The summed E-state index contributed by atoms with van der Waals surface area (Å²) in [6.07, 6.45) is -0.285. The molecule has 2 unspecified atom stereocenters. The molecule has 0 bridgehead atoms. The number of nitrogens with two attached hydrogens (primary N) is 1. The SMILES string of the molecule is COCCC(=O)N[C@H](C(C)C)P(=O)(O)OC(CCCCN)C(=O)O. The molecule has 0 fully saturated rings. The monoisotopic (exact) mass is 368 g/mol. The van der Waals surface area contributed by atoms with Gasteiger partial charge in [-0.25, -0.2) is 4.79 Å². The molecule has 10 heteroatoms. The largest absolute Gasteiger partial charge is 0.479 e. The Hall–Kier alpha value is -0.990. The Morgan fingerprint density at radius 3 is 2.38 bits per heavy atom. The fourth-order valence-corrected chi connectivity index (χ4v) is 3.75. The number of aliphatic carboxylic acids is 1. The predicted molar refractivity (Wildman–Crippen MR) is 88.5 cm³/mol. The van der Waals surface area contributed by atoms with Gasteiger partial charge in [-0.1, -0.05) is 13.8 Å². The van der Waals surface area contributed by atoms with Crippen LogP contribution in [0.25, 0.3) is 0 Å². The number of carboxylic acid groups (broad SMARTS) is 1. The van der Waals surface area contributed by atoms with Crippen LogP contribution < -0.4 is 11.1 Å². The van der Waals surface area contributed by atoms with E-state index in [1.165, 1.54) is 7.11 Å². The highest BCUT2D eigenvalue weighted by atomic mass is 31.2. The molecular formula is C14H29N2O7P. The molecule has 0 radical (unpaired) electrons. The molecule has 0 aromatic rings. The van der Waals surface area contributed by atoms with E-state index in [1.54, 1.807) is 13.8 Å². The minimum Gasteiger partial charge on any atom is -0.479 e. The highest BCUT2D eigenvalue weighted by Gasteiger charge is 2.40. The van der Waals surface area contributed by atoms with Crippen molar-refractivity contribution in [2.24, 2.45) is 11.7 Å². The average molecular weight is 368 g/mol. The summed E-state index contributed by atoms with van der Waals surface area (Å²) in [6.45, 7) is 3.84. The number of carboxylic acids is 1. The highest BCUT2D eigenvalue weighted by molar-refractivity contribution is 7.53.